The Morgan fingerprint density at radius 2 is 2.05 bits per heavy atom. The maximum Gasteiger partial charge on any atom is 0.341 e. The number of pyridine rings is 1. The number of carboxylic acids is 1. The molecule has 0 aliphatic heterocycles. The van der Waals surface area contributed by atoms with E-state index in [4.69, 9.17) is 9.84 Å². The molecule has 0 fully saturated rings. The number of rotatable bonds is 3. The van der Waals surface area contributed by atoms with Crippen LogP contribution < -0.4 is 10.2 Å². The van der Waals surface area contributed by atoms with Crippen molar-refractivity contribution in [1.82, 2.24) is 4.57 Å². The largest absolute Gasteiger partial charge is 0.491 e. The van der Waals surface area contributed by atoms with Crippen LogP contribution in [0.1, 0.15) is 24.2 Å². The topological polar surface area (TPSA) is 68.5 Å². The van der Waals surface area contributed by atoms with E-state index >= 15 is 0 Å². The van der Waals surface area contributed by atoms with Crippen LogP contribution in [0.3, 0.4) is 0 Å². The van der Waals surface area contributed by atoms with Crippen LogP contribution >= 0.6 is 0 Å². The number of fused-ring (bicyclic) bond motifs is 1. The Morgan fingerprint density at radius 3 is 2.63 bits per heavy atom. The molecule has 1 aromatic carbocycles. The quantitative estimate of drug-likeness (QED) is 0.917. The molecular formula is C14H15NO4. The van der Waals surface area contributed by atoms with E-state index in [1.165, 1.54) is 6.20 Å². The Hall–Kier alpha value is -2.30. The molecule has 5 heteroatoms. The molecule has 0 bridgehead atoms. The second kappa shape index (κ2) is 4.76. The summed E-state index contributed by atoms with van der Waals surface area (Å²) in [6.45, 7) is 3.83. The predicted octanol–water partition coefficient (Wildman–Crippen LogP) is 2.02. The minimum absolute atomic E-state index is 0.0350. The molecule has 5 nitrogen and oxygen atoms in total. The van der Waals surface area contributed by atoms with Gasteiger partial charge in [0.25, 0.3) is 0 Å². The number of hydrogen-bond acceptors (Lipinski definition) is 3. The first kappa shape index (κ1) is 13.1. The van der Waals surface area contributed by atoms with E-state index in [9.17, 15) is 9.59 Å². The molecule has 0 atom stereocenters. The maximum absolute atomic E-state index is 12.0. The summed E-state index contributed by atoms with van der Waals surface area (Å²) in [4.78, 5) is 23.0. The highest BCUT2D eigenvalue weighted by Gasteiger charge is 2.13. The molecule has 1 aromatic heterocycles. The number of aromatic carboxylic acids is 1. The Morgan fingerprint density at radius 1 is 1.37 bits per heavy atom. The molecule has 100 valence electrons. The predicted molar refractivity (Wildman–Crippen MR) is 71.9 cm³/mol. The fourth-order valence-electron chi connectivity index (χ4n) is 1.96. The zero-order valence-corrected chi connectivity index (χ0v) is 11.0. The van der Waals surface area contributed by atoms with Crippen molar-refractivity contribution in [2.24, 2.45) is 7.05 Å². The van der Waals surface area contributed by atoms with E-state index in [-0.39, 0.29) is 11.7 Å². The summed E-state index contributed by atoms with van der Waals surface area (Å²) in [7, 11) is 1.70. The van der Waals surface area contributed by atoms with Gasteiger partial charge in [-0.25, -0.2) is 4.79 Å². The summed E-state index contributed by atoms with van der Waals surface area (Å²) < 4.78 is 7.18. The Bertz CT molecular complexity index is 700. The number of aryl methyl sites for hydroxylation is 1. The molecule has 0 saturated heterocycles. The molecule has 0 spiro atoms. The van der Waals surface area contributed by atoms with E-state index in [1.54, 1.807) is 29.8 Å². The van der Waals surface area contributed by atoms with Crippen molar-refractivity contribution in [3.05, 3.63) is 40.2 Å². The summed E-state index contributed by atoms with van der Waals surface area (Å²) >= 11 is 0. The summed E-state index contributed by atoms with van der Waals surface area (Å²) in [5, 5.41) is 9.36. The fraction of sp³-hybridized carbons (Fsp3) is 0.286. The summed E-state index contributed by atoms with van der Waals surface area (Å²) in [6.07, 6.45) is 1.36. The van der Waals surface area contributed by atoms with Gasteiger partial charge in [-0.3, -0.25) is 4.79 Å². The Kier molecular flexibility index (Phi) is 3.29. The van der Waals surface area contributed by atoms with Gasteiger partial charge in [-0.15, -0.1) is 0 Å². The van der Waals surface area contributed by atoms with Crippen LogP contribution in [0.2, 0.25) is 0 Å². The van der Waals surface area contributed by atoms with Gasteiger partial charge in [0.15, 0.2) is 0 Å². The second-order valence-electron chi connectivity index (χ2n) is 4.63. The second-order valence-corrected chi connectivity index (χ2v) is 4.63. The molecule has 1 N–H and O–H groups in total. The normalized spacial score (nSPS) is 10.9. The average Bonchev–Trinajstić information content (AvgIpc) is 2.32. The number of nitrogens with zero attached hydrogens (tertiary/aromatic N) is 1. The molecule has 2 rings (SSSR count). The monoisotopic (exact) mass is 261 g/mol. The minimum Gasteiger partial charge on any atom is -0.491 e. The smallest absolute Gasteiger partial charge is 0.341 e. The van der Waals surface area contributed by atoms with Crippen molar-refractivity contribution >= 4 is 16.9 Å². The van der Waals surface area contributed by atoms with Crippen molar-refractivity contribution in [2.75, 3.05) is 0 Å². The molecule has 0 saturated carbocycles. The summed E-state index contributed by atoms with van der Waals surface area (Å²) in [5.74, 6) is -0.564. The third kappa shape index (κ3) is 2.45. The molecule has 0 aliphatic rings. The molecule has 19 heavy (non-hydrogen) atoms. The number of carboxylic acid groups (broad SMARTS) is 1. The van der Waals surface area contributed by atoms with E-state index in [0.29, 0.717) is 16.7 Å². The molecule has 0 aliphatic carbocycles. The molecule has 0 amide bonds. The molecular weight excluding hydrogens is 246 g/mol. The Balaban J connectivity index is 2.69. The summed E-state index contributed by atoms with van der Waals surface area (Å²) in [5.41, 5.74) is -0.0580. The lowest BCUT2D eigenvalue weighted by Gasteiger charge is -2.12. The molecule has 1 heterocycles. The van der Waals surface area contributed by atoms with Gasteiger partial charge in [0.05, 0.1) is 11.6 Å². The zero-order valence-electron chi connectivity index (χ0n) is 11.0. The van der Waals surface area contributed by atoms with Crippen molar-refractivity contribution in [3.8, 4) is 5.75 Å². The lowest BCUT2D eigenvalue weighted by Crippen LogP contribution is -2.18. The number of benzene rings is 1. The SMILES string of the molecule is CC(C)Oc1ccc2c(=O)c(C(=O)O)cn(C)c2c1. The first-order valence-corrected chi connectivity index (χ1v) is 5.93. The van der Waals surface area contributed by atoms with Crippen LogP contribution in [0.15, 0.2) is 29.2 Å². The van der Waals surface area contributed by atoms with Gasteiger partial charge < -0.3 is 14.4 Å². The number of carbonyl (C=O) groups is 1. The highest BCUT2D eigenvalue weighted by molar-refractivity contribution is 5.92. The molecule has 0 radical (unpaired) electrons. The van der Waals surface area contributed by atoms with Crippen LogP contribution in [0.4, 0.5) is 0 Å². The highest BCUT2D eigenvalue weighted by Crippen LogP contribution is 2.20. The van der Waals surface area contributed by atoms with Gasteiger partial charge in [0, 0.05) is 24.7 Å². The number of aromatic nitrogens is 1. The third-order valence-corrected chi connectivity index (χ3v) is 2.76. The lowest BCUT2D eigenvalue weighted by atomic mass is 10.1. The van der Waals surface area contributed by atoms with Crippen LogP contribution in [-0.4, -0.2) is 21.7 Å². The van der Waals surface area contributed by atoms with Crippen molar-refractivity contribution < 1.29 is 14.6 Å². The van der Waals surface area contributed by atoms with Gasteiger partial charge in [-0.05, 0) is 26.0 Å². The van der Waals surface area contributed by atoms with Crippen molar-refractivity contribution in [3.63, 3.8) is 0 Å². The van der Waals surface area contributed by atoms with Crippen LogP contribution in [0.5, 0.6) is 5.75 Å². The van der Waals surface area contributed by atoms with Crippen LogP contribution in [0, 0.1) is 0 Å². The standard InChI is InChI=1S/C14H15NO4/c1-8(2)19-9-4-5-10-12(6-9)15(3)7-11(13(10)16)14(17)18/h4-8H,1-3H3,(H,17,18). The summed E-state index contributed by atoms with van der Waals surface area (Å²) in [6, 6.07) is 5.01. The van der Waals surface area contributed by atoms with E-state index in [2.05, 4.69) is 0 Å². The van der Waals surface area contributed by atoms with Gasteiger partial charge in [-0.2, -0.15) is 0 Å². The number of hydrogen-bond donors (Lipinski definition) is 1. The van der Waals surface area contributed by atoms with Gasteiger partial charge in [-0.1, -0.05) is 0 Å². The average molecular weight is 261 g/mol. The van der Waals surface area contributed by atoms with Crippen LogP contribution in [0.25, 0.3) is 10.9 Å². The number of ether oxygens (including phenoxy) is 1. The Labute approximate surface area is 110 Å². The van der Waals surface area contributed by atoms with E-state index in [1.807, 2.05) is 13.8 Å². The zero-order chi connectivity index (χ0) is 14.2. The first-order chi connectivity index (χ1) is 8.90. The maximum atomic E-state index is 12.0. The molecule has 2 aromatic rings. The van der Waals surface area contributed by atoms with Gasteiger partial charge in [0.2, 0.25) is 5.43 Å². The fourth-order valence-corrected chi connectivity index (χ4v) is 1.96. The minimum atomic E-state index is -1.22. The molecule has 0 unspecified atom stereocenters. The lowest BCUT2D eigenvalue weighted by molar-refractivity contribution is 0.0695. The van der Waals surface area contributed by atoms with Crippen molar-refractivity contribution in [1.29, 1.82) is 0 Å². The van der Waals surface area contributed by atoms with Crippen LogP contribution in [-0.2, 0) is 7.05 Å². The van der Waals surface area contributed by atoms with Gasteiger partial charge in [0.1, 0.15) is 11.3 Å². The highest BCUT2D eigenvalue weighted by atomic mass is 16.5. The van der Waals surface area contributed by atoms with Gasteiger partial charge >= 0.3 is 5.97 Å². The third-order valence-electron chi connectivity index (χ3n) is 2.76. The van der Waals surface area contributed by atoms with E-state index in [0.717, 1.165) is 0 Å². The van der Waals surface area contributed by atoms with Crippen molar-refractivity contribution in [2.45, 2.75) is 20.0 Å². The first-order valence-electron chi connectivity index (χ1n) is 5.93. The van der Waals surface area contributed by atoms with E-state index < -0.39 is 11.4 Å².